The molecule has 0 spiro atoms. The zero-order valence-corrected chi connectivity index (χ0v) is 9.58. The van der Waals surface area contributed by atoms with E-state index >= 15 is 0 Å². The Morgan fingerprint density at radius 1 is 1.27 bits per heavy atom. The first kappa shape index (κ1) is 11.3. The lowest BCUT2D eigenvalue weighted by atomic mass is 10.1. The van der Waals surface area contributed by atoms with Crippen molar-refractivity contribution < 1.29 is 13.2 Å². The van der Waals surface area contributed by atoms with E-state index in [-0.39, 0.29) is 6.23 Å². The van der Waals surface area contributed by atoms with Crippen molar-refractivity contribution in [3.05, 3.63) is 0 Å². The standard InChI is InChI=1S/C9H18N2O3S/c10-9-7-11(3-4-14-9)8-1-5-15(12,13)6-2-8/h8-9H,1-7,10H2. The first-order valence-corrected chi connectivity index (χ1v) is 7.21. The summed E-state index contributed by atoms with van der Waals surface area (Å²) < 4.78 is 27.8. The van der Waals surface area contributed by atoms with Crippen LogP contribution in [0.25, 0.3) is 0 Å². The van der Waals surface area contributed by atoms with Crippen molar-refractivity contribution in [1.82, 2.24) is 4.90 Å². The van der Waals surface area contributed by atoms with Crippen LogP contribution in [0.2, 0.25) is 0 Å². The second-order valence-corrected chi connectivity index (χ2v) is 6.59. The van der Waals surface area contributed by atoms with Crippen LogP contribution in [0, 0.1) is 0 Å². The number of rotatable bonds is 1. The first-order chi connectivity index (χ1) is 7.07. The molecule has 0 aromatic rings. The molecule has 2 aliphatic heterocycles. The molecule has 5 nitrogen and oxygen atoms in total. The SMILES string of the molecule is NC1CN(C2CCS(=O)(=O)CC2)CCO1. The minimum atomic E-state index is -2.76. The van der Waals surface area contributed by atoms with Crippen LogP contribution < -0.4 is 5.73 Å². The summed E-state index contributed by atoms with van der Waals surface area (Å²) >= 11 is 0. The van der Waals surface area contributed by atoms with Gasteiger partial charge in [-0.15, -0.1) is 0 Å². The summed E-state index contributed by atoms with van der Waals surface area (Å²) in [6.45, 7) is 2.26. The summed E-state index contributed by atoms with van der Waals surface area (Å²) in [5, 5.41) is 0. The largest absolute Gasteiger partial charge is 0.361 e. The zero-order chi connectivity index (χ0) is 10.9. The lowest BCUT2D eigenvalue weighted by Crippen LogP contribution is -2.52. The zero-order valence-electron chi connectivity index (χ0n) is 8.76. The summed E-state index contributed by atoms with van der Waals surface area (Å²) in [4.78, 5) is 2.27. The van der Waals surface area contributed by atoms with Gasteiger partial charge in [0.25, 0.3) is 0 Å². The van der Waals surface area contributed by atoms with Gasteiger partial charge < -0.3 is 10.5 Å². The van der Waals surface area contributed by atoms with Crippen molar-refractivity contribution in [2.24, 2.45) is 5.73 Å². The summed E-state index contributed by atoms with van der Waals surface area (Å²) in [7, 11) is -2.76. The number of hydrogen-bond acceptors (Lipinski definition) is 5. The number of nitrogens with zero attached hydrogens (tertiary/aromatic N) is 1. The maximum absolute atomic E-state index is 11.3. The molecule has 0 aromatic heterocycles. The van der Waals surface area contributed by atoms with E-state index < -0.39 is 9.84 Å². The minimum Gasteiger partial charge on any atom is -0.361 e. The Balaban J connectivity index is 1.90. The second-order valence-electron chi connectivity index (χ2n) is 4.29. The van der Waals surface area contributed by atoms with Gasteiger partial charge in [-0.2, -0.15) is 0 Å². The molecule has 2 heterocycles. The van der Waals surface area contributed by atoms with Crippen LogP contribution in [0.5, 0.6) is 0 Å². The van der Waals surface area contributed by atoms with E-state index in [9.17, 15) is 8.42 Å². The molecule has 1 atom stereocenters. The number of morpholine rings is 1. The molecule has 2 fully saturated rings. The fourth-order valence-electron chi connectivity index (χ4n) is 2.27. The van der Waals surface area contributed by atoms with Crippen LogP contribution in [0.1, 0.15) is 12.8 Å². The van der Waals surface area contributed by atoms with Crippen molar-refractivity contribution in [3.8, 4) is 0 Å². The van der Waals surface area contributed by atoms with Gasteiger partial charge >= 0.3 is 0 Å². The Hall–Kier alpha value is -0.170. The molecule has 88 valence electrons. The Morgan fingerprint density at radius 2 is 1.93 bits per heavy atom. The van der Waals surface area contributed by atoms with Gasteiger partial charge in [0.05, 0.1) is 18.1 Å². The van der Waals surface area contributed by atoms with Crippen LogP contribution in [0.3, 0.4) is 0 Å². The summed E-state index contributed by atoms with van der Waals surface area (Å²) in [6, 6.07) is 0.378. The smallest absolute Gasteiger partial charge is 0.150 e. The molecule has 1 unspecified atom stereocenters. The summed E-state index contributed by atoms with van der Waals surface area (Å²) in [5.41, 5.74) is 5.70. The van der Waals surface area contributed by atoms with Crippen LogP contribution in [0.4, 0.5) is 0 Å². The number of sulfone groups is 1. The maximum atomic E-state index is 11.3. The topological polar surface area (TPSA) is 72.6 Å². The van der Waals surface area contributed by atoms with Gasteiger partial charge in [0.2, 0.25) is 0 Å². The number of ether oxygens (including phenoxy) is 1. The van der Waals surface area contributed by atoms with Crippen molar-refractivity contribution >= 4 is 9.84 Å². The van der Waals surface area contributed by atoms with E-state index in [1.807, 2.05) is 0 Å². The van der Waals surface area contributed by atoms with Crippen molar-refractivity contribution in [2.45, 2.75) is 25.1 Å². The third-order valence-electron chi connectivity index (χ3n) is 3.17. The lowest BCUT2D eigenvalue weighted by Gasteiger charge is -2.38. The van der Waals surface area contributed by atoms with Crippen molar-refractivity contribution in [2.75, 3.05) is 31.2 Å². The average Bonchev–Trinajstić information content (AvgIpc) is 2.17. The highest BCUT2D eigenvalue weighted by Gasteiger charge is 2.30. The van der Waals surface area contributed by atoms with Gasteiger partial charge in [-0.25, -0.2) is 8.42 Å². The molecule has 2 aliphatic rings. The molecule has 0 saturated carbocycles. The van der Waals surface area contributed by atoms with Gasteiger partial charge in [-0.3, -0.25) is 4.90 Å². The molecule has 15 heavy (non-hydrogen) atoms. The predicted octanol–water partition coefficient (Wildman–Crippen LogP) is -0.819. The highest BCUT2D eigenvalue weighted by Crippen LogP contribution is 2.19. The highest BCUT2D eigenvalue weighted by molar-refractivity contribution is 7.91. The van der Waals surface area contributed by atoms with Gasteiger partial charge in [-0.1, -0.05) is 0 Å². The molecule has 2 rings (SSSR count). The van der Waals surface area contributed by atoms with Crippen LogP contribution >= 0.6 is 0 Å². The van der Waals surface area contributed by atoms with Crippen LogP contribution in [-0.4, -0.2) is 56.8 Å². The quantitative estimate of drug-likeness (QED) is 0.642. The van der Waals surface area contributed by atoms with Gasteiger partial charge in [0.1, 0.15) is 16.1 Å². The summed E-state index contributed by atoms with van der Waals surface area (Å²) in [6.07, 6.45) is 1.28. The van der Waals surface area contributed by atoms with Gasteiger partial charge in [0, 0.05) is 19.1 Å². The molecule has 2 N–H and O–H groups in total. The first-order valence-electron chi connectivity index (χ1n) is 5.38. The molecule has 2 saturated heterocycles. The lowest BCUT2D eigenvalue weighted by molar-refractivity contribution is -0.0411. The Bertz CT molecular complexity index is 303. The maximum Gasteiger partial charge on any atom is 0.150 e. The van der Waals surface area contributed by atoms with E-state index in [2.05, 4.69) is 4.90 Å². The van der Waals surface area contributed by atoms with Gasteiger partial charge in [0.15, 0.2) is 0 Å². The Kier molecular flexibility index (Phi) is 3.30. The fraction of sp³-hybridized carbons (Fsp3) is 1.00. The predicted molar refractivity (Wildman–Crippen MR) is 57.2 cm³/mol. The molecule has 0 bridgehead atoms. The number of hydrogen-bond donors (Lipinski definition) is 1. The molecule has 0 aromatic carbocycles. The molecule has 6 heteroatoms. The summed E-state index contributed by atoms with van der Waals surface area (Å²) in [5.74, 6) is 0.647. The molecule has 0 amide bonds. The molecular weight excluding hydrogens is 216 g/mol. The third kappa shape index (κ3) is 2.90. The molecule has 0 radical (unpaired) electrons. The van der Waals surface area contributed by atoms with Crippen LogP contribution in [0.15, 0.2) is 0 Å². The minimum absolute atomic E-state index is 0.211. The van der Waals surface area contributed by atoms with Crippen molar-refractivity contribution in [1.29, 1.82) is 0 Å². The van der Waals surface area contributed by atoms with E-state index in [1.54, 1.807) is 0 Å². The highest BCUT2D eigenvalue weighted by atomic mass is 32.2. The van der Waals surface area contributed by atoms with E-state index in [1.165, 1.54) is 0 Å². The van der Waals surface area contributed by atoms with Crippen molar-refractivity contribution in [3.63, 3.8) is 0 Å². The third-order valence-corrected chi connectivity index (χ3v) is 4.88. The monoisotopic (exact) mass is 234 g/mol. The Labute approximate surface area is 90.5 Å². The van der Waals surface area contributed by atoms with Gasteiger partial charge in [-0.05, 0) is 12.8 Å². The molecular formula is C9H18N2O3S. The fourth-order valence-corrected chi connectivity index (χ4v) is 3.74. The second kappa shape index (κ2) is 4.37. The molecule has 0 aliphatic carbocycles. The van der Waals surface area contributed by atoms with E-state index in [0.717, 1.165) is 25.9 Å². The Morgan fingerprint density at radius 3 is 2.53 bits per heavy atom. The normalized spacial score (nSPS) is 34.1. The average molecular weight is 234 g/mol. The van der Waals surface area contributed by atoms with E-state index in [0.29, 0.717) is 24.2 Å². The number of nitrogens with two attached hydrogens (primary N) is 1. The van der Waals surface area contributed by atoms with E-state index in [4.69, 9.17) is 10.5 Å². The van der Waals surface area contributed by atoms with Crippen LogP contribution in [-0.2, 0) is 14.6 Å².